The summed E-state index contributed by atoms with van der Waals surface area (Å²) in [6.45, 7) is 2.02. The van der Waals surface area contributed by atoms with Gasteiger partial charge in [-0.15, -0.1) is 0 Å². The standard InChI is InChI=1S/C17H14BrN3O2/c1-12-11-19-20(15-8-4-14(18)5-9-15)17(12)10-13-2-6-16(7-3-13)21(22)23/h2-9,11H,10H2,1H3. The van der Waals surface area contributed by atoms with E-state index in [1.807, 2.05) is 42.1 Å². The van der Waals surface area contributed by atoms with E-state index in [4.69, 9.17) is 0 Å². The van der Waals surface area contributed by atoms with Crippen LogP contribution in [0.2, 0.25) is 0 Å². The van der Waals surface area contributed by atoms with Crippen molar-refractivity contribution in [3.63, 3.8) is 0 Å². The second-order valence-electron chi connectivity index (χ2n) is 5.26. The fourth-order valence-electron chi connectivity index (χ4n) is 2.40. The van der Waals surface area contributed by atoms with E-state index < -0.39 is 0 Å². The summed E-state index contributed by atoms with van der Waals surface area (Å²) in [5, 5.41) is 15.2. The summed E-state index contributed by atoms with van der Waals surface area (Å²) < 4.78 is 2.92. The first-order chi connectivity index (χ1) is 11.0. The third-order valence-electron chi connectivity index (χ3n) is 3.67. The number of non-ortho nitro benzene ring substituents is 1. The maximum absolute atomic E-state index is 10.7. The Bertz CT molecular complexity index is 839. The minimum Gasteiger partial charge on any atom is -0.258 e. The van der Waals surface area contributed by atoms with Gasteiger partial charge in [0.25, 0.3) is 5.69 Å². The molecule has 1 aromatic heterocycles. The Morgan fingerprint density at radius 1 is 1.13 bits per heavy atom. The van der Waals surface area contributed by atoms with E-state index >= 15 is 0 Å². The van der Waals surface area contributed by atoms with E-state index in [2.05, 4.69) is 21.0 Å². The number of aromatic nitrogens is 2. The molecule has 6 heteroatoms. The smallest absolute Gasteiger partial charge is 0.258 e. The highest BCUT2D eigenvalue weighted by molar-refractivity contribution is 9.10. The fraction of sp³-hybridized carbons (Fsp3) is 0.118. The molecule has 0 amide bonds. The molecule has 0 fully saturated rings. The number of halogens is 1. The molecule has 0 N–H and O–H groups in total. The fourth-order valence-corrected chi connectivity index (χ4v) is 2.67. The minimum atomic E-state index is -0.388. The van der Waals surface area contributed by atoms with Gasteiger partial charge in [-0.1, -0.05) is 28.1 Å². The van der Waals surface area contributed by atoms with Crippen LogP contribution in [0.5, 0.6) is 0 Å². The lowest BCUT2D eigenvalue weighted by molar-refractivity contribution is -0.384. The van der Waals surface area contributed by atoms with Crippen molar-refractivity contribution >= 4 is 21.6 Å². The van der Waals surface area contributed by atoms with Gasteiger partial charge < -0.3 is 0 Å². The number of hydrogen-bond donors (Lipinski definition) is 0. The number of benzene rings is 2. The second-order valence-corrected chi connectivity index (χ2v) is 6.18. The van der Waals surface area contributed by atoms with Crippen LogP contribution < -0.4 is 0 Å². The first kappa shape index (κ1) is 15.4. The van der Waals surface area contributed by atoms with E-state index in [9.17, 15) is 10.1 Å². The molecule has 0 radical (unpaired) electrons. The van der Waals surface area contributed by atoms with E-state index in [0.29, 0.717) is 6.42 Å². The maximum atomic E-state index is 10.7. The number of nitrogens with zero attached hydrogens (tertiary/aromatic N) is 3. The molecule has 3 aromatic rings. The Balaban J connectivity index is 1.92. The Labute approximate surface area is 141 Å². The van der Waals surface area contributed by atoms with Gasteiger partial charge in [-0.25, -0.2) is 4.68 Å². The van der Waals surface area contributed by atoms with Crippen LogP contribution >= 0.6 is 15.9 Å². The highest BCUT2D eigenvalue weighted by atomic mass is 79.9. The summed E-state index contributed by atoms with van der Waals surface area (Å²) in [6.07, 6.45) is 2.50. The van der Waals surface area contributed by atoms with Crippen LogP contribution in [0.4, 0.5) is 5.69 Å². The lowest BCUT2D eigenvalue weighted by atomic mass is 10.1. The molecule has 0 spiro atoms. The first-order valence-corrected chi connectivity index (χ1v) is 7.86. The summed E-state index contributed by atoms with van der Waals surface area (Å²) in [7, 11) is 0. The third kappa shape index (κ3) is 3.32. The molecule has 0 aliphatic rings. The molecule has 1 heterocycles. The molecular formula is C17H14BrN3O2. The quantitative estimate of drug-likeness (QED) is 0.502. The molecule has 0 bridgehead atoms. The highest BCUT2D eigenvalue weighted by Gasteiger charge is 2.11. The van der Waals surface area contributed by atoms with Crippen LogP contribution in [-0.4, -0.2) is 14.7 Å². The Kier molecular flexibility index (Phi) is 4.25. The number of rotatable bonds is 4. The van der Waals surface area contributed by atoms with Crippen LogP contribution in [0.1, 0.15) is 16.8 Å². The van der Waals surface area contributed by atoms with Gasteiger partial charge in [0.15, 0.2) is 0 Å². The average Bonchev–Trinajstić information content (AvgIpc) is 2.90. The number of nitro benzene ring substituents is 1. The number of hydrogen-bond acceptors (Lipinski definition) is 3. The molecule has 2 aromatic carbocycles. The topological polar surface area (TPSA) is 61.0 Å². The van der Waals surface area contributed by atoms with Crippen LogP contribution in [0.25, 0.3) is 5.69 Å². The predicted molar refractivity (Wildman–Crippen MR) is 91.9 cm³/mol. The summed E-state index contributed by atoms with van der Waals surface area (Å²) in [5.41, 5.74) is 4.26. The largest absolute Gasteiger partial charge is 0.269 e. The normalized spacial score (nSPS) is 10.7. The predicted octanol–water partition coefficient (Wildman–Crippen LogP) is 4.44. The first-order valence-electron chi connectivity index (χ1n) is 7.07. The molecule has 3 rings (SSSR count). The average molecular weight is 372 g/mol. The van der Waals surface area contributed by atoms with Crippen molar-refractivity contribution in [2.45, 2.75) is 13.3 Å². The molecule has 23 heavy (non-hydrogen) atoms. The van der Waals surface area contributed by atoms with E-state index in [1.54, 1.807) is 12.1 Å². The minimum absolute atomic E-state index is 0.104. The van der Waals surface area contributed by atoms with E-state index in [1.165, 1.54) is 12.1 Å². The number of aryl methyl sites for hydroxylation is 1. The monoisotopic (exact) mass is 371 g/mol. The molecule has 0 atom stereocenters. The van der Waals surface area contributed by atoms with Crippen LogP contribution in [0, 0.1) is 17.0 Å². The molecule has 116 valence electrons. The Morgan fingerprint density at radius 2 is 1.78 bits per heavy atom. The third-order valence-corrected chi connectivity index (χ3v) is 4.20. The Morgan fingerprint density at radius 3 is 2.39 bits per heavy atom. The zero-order chi connectivity index (χ0) is 16.4. The lowest BCUT2D eigenvalue weighted by Gasteiger charge is -2.09. The van der Waals surface area contributed by atoms with Gasteiger partial charge in [0, 0.05) is 23.0 Å². The molecule has 0 unspecified atom stereocenters. The summed E-state index contributed by atoms with van der Waals surface area (Å²) >= 11 is 3.43. The Hall–Kier alpha value is -2.47. The van der Waals surface area contributed by atoms with E-state index in [-0.39, 0.29) is 10.6 Å². The van der Waals surface area contributed by atoms with Crippen molar-refractivity contribution in [1.82, 2.24) is 9.78 Å². The van der Waals surface area contributed by atoms with E-state index in [0.717, 1.165) is 27.0 Å². The van der Waals surface area contributed by atoms with Gasteiger partial charge in [0.05, 0.1) is 22.5 Å². The molecule has 0 saturated carbocycles. The molecule has 0 aliphatic heterocycles. The van der Waals surface area contributed by atoms with Gasteiger partial charge in [-0.05, 0) is 42.3 Å². The van der Waals surface area contributed by atoms with Gasteiger partial charge in [0.2, 0.25) is 0 Å². The number of nitro groups is 1. The molecule has 5 nitrogen and oxygen atoms in total. The zero-order valence-corrected chi connectivity index (χ0v) is 14.0. The van der Waals surface area contributed by atoms with Crippen molar-refractivity contribution in [3.05, 3.63) is 86.1 Å². The summed E-state index contributed by atoms with van der Waals surface area (Å²) in [4.78, 5) is 10.3. The maximum Gasteiger partial charge on any atom is 0.269 e. The van der Waals surface area contributed by atoms with Gasteiger partial charge in [-0.3, -0.25) is 10.1 Å². The summed E-state index contributed by atoms with van der Waals surface area (Å²) in [6, 6.07) is 14.6. The summed E-state index contributed by atoms with van der Waals surface area (Å²) in [5.74, 6) is 0. The molecule has 0 aliphatic carbocycles. The van der Waals surface area contributed by atoms with Gasteiger partial charge in [-0.2, -0.15) is 5.10 Å². The van der Waals surface area contributed by atoms with Crippen molar-refractivity contribution in [1.29, 1.82) is 0 Å². The molecule has 0 saturated heterocycles. The van der Waals surface area contributed by atoms with Crippen molar-refractivity contribution in [2.75, 3.05) is 0 Å². The SMILES string of the molecule is Cc1cnn(-c2ccc(Br)cc2)c1Cc1ccc([N+](=O)[O-])cc1. The van der Waals surface area contributed by atoms with Crippen molar-refractivity contribution < 1.29 is 4.92 Å². The van der Waals surface area contributed by atoms with Crippen LogP contribution in [-0.2, 0) is 6.42 Å². The van der Waals surface area contributed by atoms with Gasteiger partial charge in [0.1, 0.15) is 0 Å². The van der Waals surface area contributed by atoms with Gasteiger partial charge >= 0.3 is 0 Å². The van der Waals surface area contributed by atoms with Crippen molar-refractivity contribution in [3.8, 4) is 5.69 Å². The van der Waals surface area contributed by atoms with Crippen molar-refractivity contribution in [2.24, 2.45) is 0 Å². The highest BCUT2D eigenvalue weighted by Crippen LogP contribution is 2.21. The van der Waals surface area contributed by atoms with Crippen LogP contribution in [0.3, 0.4) is 0 Å². The zero-order valence-electron chi connectivity index (χ0n) is 12.4. The lowest BCUT2D eigenvalue weighted by Crippen LogP contribution is -2.04. The molecular weight excluding hydrogens is 358 g/mol. The second kappa shape index (κ2) is 6.34. The van der Waals surface area contributed by atoms with Crippen LogP contribution in [0.15, 0.2) is 59.2 Å².